The van der Waals surface area contributed by atoms with Gasteiger partial charge >= 0.3 is 12.1 Å². The van der Waals surface area contributed by atoms with Crippen molar-refractivity contribution in [2.75, 3.05) is 5.32 Å². The number of ether oxygens (including phenoxy) is 1. The minimum Gasteiger partial charge on any atom is -0.450 e. The number of sulfone groups is 1. The van der Waals surface area contributed by atoms with Crippen LogP contribution in [0.1, 0.15) is 57.0 Å². The maximum Gasteiger partial charge on any atom is 0.416 e. The molecule has 0 fully saturated rings. The third kappa shape index (κ3) is 6.03. The van der Waals surface area contributed by atoms with E-state index >= 15 is 0 Å². The summed E-state index contributed by atoms with van der Waals surface area (Å²) in [4.78, 5) is 36.5. The first kappa shape index (κ1) is 27.5. The largest absolute Gasteiger partial charge is 0.450 e. The van der Waals surface area contributed by atoms with Crippen molar-refractivity contribution in [1.29, 1.82) is 0 Å². The van der Waals surface area contributed by atoms with Crippen molar-refractivity contribution >= 4 is 43.8 Å². The Labute approximate surface area is 199 Å². The van der Waals surface area contributed by atoms with E-state index < -0.39 is 55.7 Å². The number of hydrogen-bond acceptors (Lipinski definition) is 7. The predicted octanol–water partition coefficient (Wildman–Crippen LogP) is 5.11. The van der Waals surface area contributed by atoms with Gasteiger partial charge in [0.2, 0.25) is 9.84 Å². The van der Waals surface area contributed by atoms with Crippen LogP contribution < -0.4 is 5.32 Å². The number of carbonyl (C=O) groups excluding carboxylic acids is 3. The van der Waals surface area contributed by atoms with Crippen LogP contribution in [0.15, 0.2) is 39.4 Å². The molecule has 186 valence electrons. The van der Waals surface area contributed by atoms with Crippen molar-refractivity contribution in [2.45, 2.75) is 61.9 Å². The Bertz CT molecular complexity index is 1200. The number of anilines is 1. The van der Waals surface area contributed by atoms with E-state index in [1.165, 1.54) is 13.8 Å². The zero-order chi connectivity index (χ0) is 26.1. The number of Topliss-reactive ketones (excluding diaryl/α,β-unsaturated/α-hetero) is 1. The average Bonchev–Trinajstić information content (AvgIpc) is 3.15. The van der Waals surface area contributed by atoms with Gasteiger partial charge in [0, 0.05) is 12.8 Å². The monoisotopic (exact) mass is 519 g/mol. The van der Waals surface area contributed by atoms with Gasteiger partial charge in [0.15, 0.2) is 11.4 Å². The van der Waals surface area contributed by atoms with Gasteiger partial charge < -0.3 is 10.1 Å². The van der Waals surface area contributed by atoms with Crippen LogP contribution in [0.4, 0.5) is 18.2 Å². The molecule has 0 bridgehead atoms. The maximum atomic E-state index is 13.1. The average molecular weight is 520 g/mol. The Morgan fingerprint density at radius 1 is 1.12 bits per heavy atom. The first-order valence-electron chi connectivity index (χ1n) is 10.1. The quantitative estimate of drug-likeness (QED) is 0.384. The number of halogens is 3. The number of rotatable bonds is 8. The van der Waals surface area contributed by atoms with E-state index in [2.05, 4.69) is 5.32 Å². The summed E-state index contributed by atoms with van der Waals surface area (Å²) in [6, 6.07) is 4.05. The smallest absolute Gasteiger partial charge is 0.416 e. The van der Waals surface area contributed by atoms with E-state index in [4.69, 9.17) is 4.74 Å². The van der Waals surface area contributed by atoms with Crippen LogP contribution in [0.5, 0.6) is 0 Å². The molecule has 1 aromatic carbocycles. The highest BCUT2D eigenvalue weighted by Crippen LogP contribution is 2.38. The van der Waals surface area contributed by atoms with Gasteiger partial charge in [-0.15, -0.1) is 11.3 Å². The maximum absolute atomic E-state index is 13.1. The topological polar surface area (TPSA) is 107 Å². The number of carbonyl (C=O) groups is 3. The Kier molecular flexibility index (Phi) is 7.98. The minimum absolute atomic E-state index is 0.0585. The van der Waals surface area contributed by atoms with Gasteiger partial charge in [0.05, 0.1) is 16.0 Å². The molecule has 2 rings (SSSR count). The molecule has 2 aromatic rings. The highest BCUT2D eigenvalue weighted by atomic mass is 32.2. The summed E-state index contributed by atoms with van der Waals surface area (Å²) in [5.41, 5.74) is -2.68. The number of alkyl halides is 3. The van der Waals surface area contributed by atoms with Gasteiger partial charge in [-0.05, 0) is 50.6 Å². The molecule has 0 spiro atoms. The van der Waals surface area contributed by atoms with Crippen molar-refractivity contribution in [3.63, 3.8) is 0 Å². The molecule has 34 heavy (non-hydrogen) atoms. The summed E-state index contributed by atoms with van der Waals surface area (Å²) < 4.78 is 69.3. The van der Waals surface area contributed by atoms with Gasteiger partial charge in [-0.2, -0.15) is 13.2 Å². The normalized spacial score (nSPS) is 13.3. The molecule has 1 heterocycles. The zero-order valence-corrected chi connectivity index (χ0v) is 20.7. The van der Waals surface area contributed by atoms with E-state index in [1.54, 1.807) is 13.8 Å². The number of hydrogen-bond donors (Lipinski definition) is 1. The number of benzene rings is 1. The van der Waals surface area contributed by atoms with Crippen molar-refractivity contribution in [2.24, 2.45) is 5.92 Å². The van der Waals surface area contributed by atoms with E-state index in [9.17, 15) is 36.0 Å². The lowest BCUT2D eigenvalue weighted by atomic mass is 9.98. The van der Waals surface area contributed by atoms with Crippen LogP contribution in [0, 0.1) is 5.92 Å². The number of thiophene rings is 1. The lowest BCUT2D eigenvalue weighted by Gasteiger charge is -2.23. The van der Waals surface area contributed by atoms with E-state index in [-0.39, 0.29) is 14.8 Å². The van der Waals surface area contributed by atoms with Crippen LogP contribution in [-0.4, -0.2) is 31.7 Å². The van der Waals surface area contributed by atoms with Gasteiger partial charge in [0.25, 0.3) is 5.91 Å². The molecule has 1 atom stereocenters. The molecular formula is C22H24F3NO6S2. The third-order valence-electron chi connectivity index (χ3n) is 4.96. The highest BCUT2D eigenvalue weighted by molar-refractivity contribution is 7.93. The molecule has 0 aliphatic carbocycles. The summed E-state index contributed by atoms with van der Waals surface area (Å²) in [6.07, 6.45) is -4.19. The standard InChI is InChI=1S/C22H24F3NO6S2/c1-6-12(2)18(28)16-11-17(33-19(16)26-20(29)21(4,5)32-13(3)27)34(30,31)15-9-7-14(8-10-15)22(23,24)25/h7-12H,6H2,1-5H3,(H,26,29). The summed E-state index contributed by atoms with van der Waals surface area (Å²) in [6.45, 7) is 7.17. The fraction of sp³-hybridized carbons (Fsp3) is 0.409. The molecule has 0 aliphatic rings. The fourth-order valence-corrected chi connectivity index (χ4v) is 5.59. The highest BCUT2D eigenvalue weighted by Gasteiger charge is 2.35. The molecule has 0 saturated carbocycles. The van der Waals surface area contributed by atoms with Gasteiger partial charge in [-0.3, -0.25) is 14.4 Å². The first-order valence-corrected chi connectivity index (χ1v) is 12.4. The Morgan fingerprint density at radius 2 is 1.68 bits per heavy atom. The lowest BCUT2D eigenvalue weighted by molar-refractivity contribution is -0.160. The number of amides is 1. The van der Waals surface area contributed by atoms with Crippen molar-refractivity contribution in [1.82, 2.24) is 0 Å². The van der Waals surface area contributed by atoms with Crippen LogP contribution in [0.3, 0.4) is 0 Å². The molecule has 12 heteroatoms. The molecule has 0 aliphatic heterocycles. The Morgan fingerprint density at radius 3 is 2.15 bits per heavy atom. The van der Waals surface area contributed by atoms with Gasteiger partial charge in [-0.1, -0.05) is 13.8 Å². The Hall–Kier alpha value is -2.73. The van der Waals surface area contributed by atoms with E-state index in [1.807, 2.05) is 0 Å². The summed E-state index contributed by atoms with van der Waals surface area (Å²) >= 11 is 0.587. The number of nitrogens with one attached hydrogen (secondary N) is 1. The van der Waals surface area contributed by atoms with Gasteiger partial charge in [-0.25, -0.2) is 8.42 Å². The van der Waals surface area contributed by atoms with Crippen molar-refractivity contribution in [3.05, 3.63) is 41.5 Å². The summed E-state index contributed by atoms with van der Waals surface area (Å²) in [5, 5.41) is 2.39. The Balaban J connectivity index is 2.54. The van der Waals surface area contributed by atoms with Crippen molar-refractivity contribution < 1.29 is 40.7 Å². The second-order valence-corrected chi connectivity index (χ2v) is 11.3. The number of esters is 1. The summed E-state index contributed by atoms with van der Waals surface area (Å²) in [7, 11) is -4.30. The summed E-state index contributed by atoms with van der Waals surface area (Å²) in [5.74, 6) is -2.42. The number of ketones is 1. The van der Waals surface area contributed by atoms with Crippen LogP contribution in [0.2, 0.25) is 0 Å². The third-order valence-corrected chi connectivity index (χ3v) is 8.26. The minimum atomic E-state index is -4.63. The molecule has 1 N–H and O–H groups in total. The molecular weight excluding hydrogens is 495 g/mol. The molecule has 1 aromatic heterocycles. The molecule has 0 radical (unpaired) electrons. The van der Waals surface area contributed by atoms with Crippen LogP contribution in [0.25, 0.3) is 0 Å². The molecule has 1 unspecified atom stereocenters. The molecule has 7 nitrogen and oxygen atoms in total. The fourth-order valence-electron chi connectivity index (χ4n) is 2.83. The molecule has 1 amide bonds. The first-order chi connectivity index (χ1) is 15.5. The second kappa shape index (κ2) is 9.87. The van der Waals surface area contributed by atoms with Crippen molar-refractivity contribution in [3.8, 4) is 0 Å². The van der Waals surface area contributed by atoms with Gasteiger partial charge in [0.1, 0.15) is 9.21 Å². The SMILES string of the molecule is CCC(C)C(=O)c1cc(S(=O)(=O)c2ccc(C(F)(F)F)cc2)sc1NC(=O)C(C)(C)OC(C)=O. The molecule has 0 saturated heterocycles. The zero-order valence-electron chi connectivity index (χ0n) is 19.1. The van der Waals surface area contributed by atoms with Crippen LogP contribution >= 0.6 is 11.3 Å². The predicted molar refractivity (Wildman–Crippen MR) is 119 cm³/mol. The lowest BCUT2D eigenvalue weighted by Crippen LogP contribution is -2.41. The van der Waals surface area contributed by atoms with Crippen LogP contribution in [-0.2, 0) is 30.3 Å². The van der Waals surface area contributed by atoms with E-state index in [0.29, 0.717) is 29.9 Å². The van der Waals surface area contributed by atoms with E-state index in [0.717, 1.165) is 25.1 Å². The second-order valence-electron chi connectivity index (χ2n) is 8.07.